The maximum atomic E-state index is 11.6. The Morgan fingerprint density at radius 3 is 2.81 bits per heavy atom. The highest BCUT2D eigenvalue weighted by molar-refractivity contribution is 7.10. The summed E-state index contributed by atoms with van der Waals surface area (Å²) in [5, 5.41) is 2.04. The van der Waals surface area contributed by atoms with Crippen LogP contribution >= 0.6 is 11.3 Å². The Labute approximate surface area is 97.1 Å². The summed E-state index contributed by atoms with van der Waals surface area (Å²) in [5.41, 5.74) is 7.52. The van der Waals surface area contributed by atoms with Gasteiger partial charge in [0.25, 0.3) is 5.91 Å². The second-order valence-corrected chi connectivity index (χ2v) is 4.61. The van der Waals surface area contributed by atoms with Crippen molar-refractivity contribution in [3.63, 3.8) is 0 Å². The minimum absolute atomic E-state index is 0.0638. The van der Waals surface area contributed by atoms with E-state index in [9.17, 15) is 4.79 Å². The normalized spacial score (nSPS) is 19.0. The van der Waals surface area contributed by atoms with Crippen LogP contribution in [0.15, 0.2) is 41.8 Å². The smallest absolute Gasteiger partial charge is 0.265 e. The highest BCUT2D eigenvalue weighted by atomic mass is 32.1. The number of hydrogen-bond donors (Lipinski definition) is 2. The van der Waals surface area contributed by atoms with E-state index in [2.05, 4.69) is 16.9 Å². The van der Waals surface area contributed by atoms with Crippen molar-refractivity contribution in [3.05, 3.63) is 57.8 Å². The van der Waals surface area contributed by atoms with Crippen molar-refractivity contribution in [1.29, 1.82) is 0 Å². The summed E-state index contributed by atoms with van der Waals surface area (Å²) in [6.45, 7) is 0. The second-order valence-electron chi connectivity index (χ2n) is 3.63. The van der Waals surface area contributed by atoms with Gasteiger partial charge in [-0.05, 0) is 23.1 Å². The number of carbonyl (C=O) groups excluding carboxylic acids is 1. The van der Waals surface area contributed by atoms with Gasteiger partial charge in [0.1, 0.15) is 0 Å². The van der Waals surface area contributed by atoms with Crippen molar-refractivity contribution < 1.29 is 4.79 Å². The van der Waals surface area contributed by atoms with E-state index in [0.29, 0.717) is 0 Å². The van der Waals surface area contributed by atoms with Crippen molar-refractivity contribution in [1.82, 2.24) is 10.9 Å². The van der Waals surface area contributed by atoms with E-state index in [4.69, 9.17) is 0 Å². The fourth-order valence-corrected chi connectivity index (χ4v) is 2.71. The Bertz CT molecular complexity index is 522. The zero-order valence-electron chi connectivity index (χ0n) is 8.44. The molecule has 1 atom stereocenters. The summed E-state index contributed by atoms with van der Waals surface area (Å²) < 4.78 is 0. The van der Waals surface area contributed by atoms with Gasteiger partial charge in [-0.1, -0.05) is 24.3 Å². The van der Waals surface area contributed by atoms with Crippen LogP contribution < -0.4 is 10.9 Å². The standard InChI is InChI=1S/C12H10N2OS/c15-12-9-5-2-1-4-8(9)11(13-14-12)10-6-3-7-16-10/h1-7,11,13H,(H,14,15). The Morgan fingerprint density at radius 1 is 1.12 bits per heavy atom. The van der Waals surface area contributed by atoms with Gasteiger partial charge in [0.2, 0.25) is 0 Å². The molecule has 0 aliphatic carbocycles. The van der Waals surface area contributed by atoms with Gasteiger partial charge in [0.15, 0.2) is 0 Å². The molecule has 0 fully saturated rings. The highest BCUT2D eigenvalue weighted by Crippen LogP contribution is 2.29. The number of amides is 1. The third kappa shape index (κ3) is 1.43. The number of nitrogens with one attached hydrogen (secondary N) is 2. The van der Waals surface area contributed by atoms with E-state index in [1.54, 1.807) is 11.3 Å². The van der Waals surface area contributed by atoms with E-state index in [-0.39, 0.29) is 11.9 Å². The molecule has 2 N–H and O–H groups in total. The molecule has 0 saturated carbocycles. The largest absolute Gasteiger partial charge is 0.287 e. The molecule has 0 radical (unpaired) electrons. The Balaban J connectivity index is 2.11. The van der Waals surface area contributed by atoms with Gasteiger partial charge in [-0.15, -0.1) is 11.3 Å². The molecule has 1 unspecified atom stereocenters. The molecule has 0 bridgehead atoms. The second kappa shape index (κ2) is 3.73. The molecule has 1 aliphatic heterocycles. The van der Waals surface area contributed by atoms with Gasteiger partial charge in [-0.25, -0.2) is 5.43 Å². The minimum atomic E-state index is -0.0663. The van der Waals surface area contributed by atoms with Crippen LogP contribution in [0, 0.1) is 0 Å². The molecule has 2 heterocycles. The van der Waals surface area contributed by atoms with Gasteiger partial charge in [-0.3, -0.25) is 10.2 Å². The average Bonchev–Trinajstić information content (AvgIpc) is 2.83. The van der Waals surface area contributed by atoms with Crippen LogP contribution in [0.4, 0.5) is 0 Å². The first-order chi connectivity index (χ1) is 7.86. The lowest BCUT2D eigenvalue weighted by atomic mass is 9.97. The molecular weight excluding hydrogens is 220 g/mol. The first kappa shape index (κ1) is 9.57. The third-order valence-electron chi connectivity index (χ3n) is 2.67. The monoisotopic (exact) mass is 230 g/mol. The van der Waals surface area contributed by atoms with Crippen molar-refractivity contribution in [2.24, 2.45) is 0 Å². The lowest BCUT2D eigenvalue weighted by Gasteiger charge is -2.25. The molecule has 3 rings (SSSR count). The molecule has 0 saturated heterocycles. The summed E-state index contributed by atoms with van der Waals surface area (Å²) in [4.78, 5) is 12.8. The van der Waals surface area contributed by atoms with Crippen LogP contribution in [0.25, 0.3) is 0 Å². The van der Waals surface area contributed by atoms with Crippen molar-refractivity contribution in [3.8, 4) is 0 Å². The van der Waals surface area contributed by atoms with Gasteiger partial charge in [0.05, 0.1) is 6.04 Å². The molecule has 80 valence electrons. The molecular formula is C12H10N2OS. The lowest BCUT2D eigenvalue weighted by molar-refractivity contribution is 0.0913. The quantitative estimate of drug-likeness (QED) is 0.787. The SMILES string of the molecule is O=C1NNC(c2cccs2)c2ccccc21. The first-order valence-electron chi connectivity index (χ1n) is 5.04. The van der Waals surface area contributed by atoms with E-state index in [0.717, 1.165) is 11.1 Å². The van der Waals surface area contributed by atoms with E-state index < -0.39 is 0 Å². The number of rotatable bonds is 1. The lowest BCUT2D eigenvalue weighted by Crippen LogP contribution is -2.45. The maximum Gasteiger partial charge on any atom is 0.265 e. The maximum absolute atomic E-state index is 11.6. The zero-order chi connectivity index (χ0) is 11.0. The first-order valence-corrected chi connectivity index (χ1v) is 5.92. The average molecular weight is 230 g/mol. The van der Waals surface area contributed by atoms with Gasteiger partial charge >= 0.3 is 0 Å². The van der Waals surface area contributed by atoms with Crippen LogP contribution in [-0.2, 0) is 0 Å². The Kier molecular flexibility index (Phi) is 2.23. The summed E-state index contributed by atoms with van der Waals surface area (Å²) in [5.74, 6) is -0.0663. The number of hydrazine groups is 1. The molecule has 2 aromatic rings. The minimum Gasteiger partial charge on any atom is -0.287 e. The number of thiophene rings is 1. The molecule has 4 heteroatoms. The molecule has 3 nitrogen and oxygen atoms in total. The van der Waals surface area contributed by atoms with E-state index in [1.807, 2.05) is 35.7 Å². The van der Waals surface area contributed by atoms with Crippen molar-refractivity contribution in [2.45, 2.75) is 6.04 Å². The molecule has 1 aliphatic rings. The fraction of sp³-hybridized carbons (Fsp3) is 0.0833. The number of benzene rings is 1. The van der Waals surface area contributed by atoms with Gasteiger partial charge in [-0.2, -0.15) is 0 Å². The van der Waals surface area contributed by atoms with Gasteiger partial charge in [0, 0.05) is 10.4 Å². The highest BCUT2D eigenvalue weighted by Gasteiger charge is 2.25. The predicted molar refractivity (Wildman–Crippen MR) is 63.2 cm³/mol. The summed E-state index contributed by atoms with van der Waals surface area (Å²) in [7, 11) is 0. The molecule has 1 aromatic heterocycles. The molecule has 1 amide bonds. The zero-order valence-corrected chi connectivity index (χ0v) is 9.25. The van der Waals surface area contributed by atoms with Gasteiger partial charge < -0.3 is 0 Å². The van der Waals surface area contributed by atoms with Crippen LogP contribution in [0.5, 0.6) is 0 Å². The summed E-state index contributed by atoms with van der Waals surface area (Å²) in [6, 6.07) is 11.8. The predicted octanol–water partition coefficient (Wildman–Crippen LogP) is 2.09. The van der Waals surface area contributed by atoms with Crippen molar-refractivity contribution >= 4 is 17.2 Å². The van der Waals surface area contributed by atoms with Crippen molar-refractivity contribution in [2.75, 3.05) is 0 Å². The van der Waals surface area contributed by atoms with Crippen LogP contribution in [0.2, 0.25) is 0 Å². The molecule has 16 heavy (non-hydrogen) atoms. The van der Waals surface area contributed by atoms with Crippen LogP contribution in [0.1, 0.15) is 26.8 Å². The summed E-state index contributed by atoms with van der Waals surface area (Å²) in [6.07, 6.45) is 0. The fourth-order valence-electron chi connectivity index (χ4n) is 1.92. The summed E-state index contributed by atoms with van der Waals surface area (Å²) >= 11 is 1.68. The van der Waals surface area contributed by atoms with Crippen LogP contribution in [-0.4, -0.2) is 5.91 Å². The Morgan fingerprint density at radius 2 is 2.00 bits per heavy atom. The molecule has 1 aromatic carbocycles. The Hall–Kier alpha value is -1.65. The molecule has 0 spiro atoms. The van der Waals surface area contributed by atoms with Crippen LogP contribution in [0.3, 0.4) is 0 Å². The third-order valence-corrected chi connectivity index (χ3v) is 3.61. The van der Waals surface area contributed by atoms with E-state index >= 15 is 0 Å². The number of carbonyl (C=O) groups is 1. The number of hydrogen-bond acceptors (Lipinski definition) is 3. The topological polar surface area (TPSA) is 41.1 Å². The van der Waals surface area contributed by atoms with E-state index in [1.165, 1.54) is 4.88 Å². The number of fused-ring (bicyclic) bond motifs is 1.